The summed E-state index contributed by atoms with van der Waals surface area (Å²) in [5, 5.41) is 26.5. The van der Waals surface area contributed by atoms with Gasteiger partial charge in [0.15, 0.2) is 5.82 Å². The molecule has 3 aliphatic rings. The van der Waals surface area contributed by atoms with E-state index in [4.69, 9.17) is 18.9 Å². The Hall–Kier alpha value is -3.22. The van der Waals surface area contributed by atoms with Crippen molar-refractivity contribution < 1.29 is 33.6 Å². The standard InChI is InChI=1S/C28H41N5O7/c1-6-40-23(35)9-11-33-10-7-8-17(15-33)30-27-19(14-29-28(36)39-5)16(2)26(31-32-27)25-20(34)13-21(37-3)18-12-22(38-4)24(18)25/h13,17-18,21-22,34H,6-12,14-15H2,1-5H3,(H,29,36)(H,30,32)/t17-,18?,21?,22?/m1/s1. The van der Waals surface area contributed by atoms with Gasteiger partial charge in [0.1, 0.15) is 11.5 Å². The van der Waals surface area contributed by atoms with Crippen molar-refractivity contribution in [2.45, 2.75) is 64.3 Å². The van der Waals surface area contributed by atoms with Gasteiger partial charge >= 0.3 is 12.1 Å². The summed E-state index contributed by atoms with van der Waals surface area (Å²) in [6.07, 6.45) is 3.80. The van der Waals surface area contributed by atoms with Gasteiger partial charge in [0.05, 0.1) is 38.9 Å². The number of piperidine rings is 1. The molecule has 2 aliphatic carbocycles. The number of aliphatic hydroxyl groups is 1. The Morgan fingerprint density at radius 3 is 2.70 bits per heavy atom. The molecule has 1 saturated heterocycles. The number of methoxy groups -OCH3 is 3. The predicted molar refractivity (Wildman–Crippen MR) is 148 cm³/mol. The van der Waals surface area contributed by atoms with Crippen molar-refractivity contribution in [1.29, 1.82) is 0 Å². The molecular formula is C28H41N5O7. The number of allylic oxidation sites excluding steroid dienone is 1. The Morgan fingerprint density at radius 1 is 1.20 bits per heavy atom. The third-order valence-electron chi connectivity index (χ3n) is 7.99. The first-order chi connectivity index (χ1) is 19.3. The summed E-state index contributed by atoms with van der Waals surface area (Å²) in [6.45, 7) is 6.53. The molecule has 0 bridgehead atoms. The molecule has 0 spiro atoms. The minimum absolute atomic E-state index is 0.0775. The van der Waals surface area contributed by atoms with Crippen LogP contribution in [0.3, 0.4) is 0 Å². The summed E-state index contributed by atoms with van der Waals surface area (Å²) in [5.41, 5.74) is 3.62. The Morgan fingerprint density at radius 2 is 2.00 bits per heavy atom. The van der Waals surface area contributed by atoms with Crippen LogP contribution in [0.1, 0.15) is 49.4 Å². The van der Waals surface area contributed by atoms with Crippen LogP contribution in [0.2, 0.25) is 0 Å². The molecule has 12 nitrogen and oxygen atoms in total. The van der Waals surface area contributed by atoms with Crippen LogP contribution in [0, 0.1) is 12.8 Å². The van der Waals surface area contributed by atoms with E-state index in [1.165, 1.54) is 7.11 Å². The van der Waals surface area contributed by atoms with Crippen molar-refractivity contribution in [3.63, 3.8) is 0 Å². The van der Waals surface area contributed by atoms with Crippen molar-refractivity contribution in [3.8, 4) is 0 Å². The molecule has 3 N–H and O–H groups in total. The summed E-state index contributed by atoms with van der Waals surface area (Å²) in [4.78, 5) is 26.1. The zero-order chi connectivity index (χ0) is 28.8. The van der Waals surface area contributed by atoms with E-state index in [9.17, 15) is 14.7 Å². The van der Waals surface area contributed by atoms with Crippen molar-refractivity contribution >= 4 is 23.5 Å². The Bertz CT molecular complexity index is 1150. The molecule has 0 radical (unpaired) electrons. The summed E-state index contributed by atoms with van der Waals surface area (Å²) in [6, 6.07) is 0.0775. The molecule has 1 saturated carbocycles. The molecule has 2 heterocycles. The van der Waals surface area contributed by atoms with Crippen LogP contribution in [-0.2, 0) is 30.3 Å². The van der Waals surface area contributed by atoms with Gasteiger partial charge in [0.2, 0.25) is 0 Å². The van der Waals surface area contributed by atoms with Crippen molar-refractivity contribution in [2.24, 2.45) is 5.92 Å². The largest absolute Gasteiger partial charge is 0.507 e. The first-order valence-corrected chi connectivity index (χ1v) is 13.8. The van der Waals surface area contributed by atoms with Crippen LogP contribution in [0.25, 0.3) is 5.57 Å². The Labute approximate surface area is 235 Å². The second-order valence-electron chi connectivity index (χ2n) is 10.3. The lowest BCUT2D eigenvalue weighted by molar-refractivity contribution is -0.143. The van der Waals surface area contributed by atoms with Crippen LogP contribution in [-0.4, -0.2) is 98.1 Å². The van der Waals surface area contributed by atoms with Crippen LogP contribution >= 0.6 is 0 Å². The summed E-state index contributed by atoms with van der Waals surface area (Å²) >= 11 is 0. The number of alkyl carbamates (subject to hydrolysis) is 1. The zero-order valence-corrected chi connectivity index (χ0v) is 24.0. The number of anilines is 1. The molecule has 4 atom stereocenters. The molecule has 2 fully saturated rings. The van der Waals surface area contributed by atoms with E-state index in [0.717, 1.165) is 49.1 Å². The lowest BCUT2D eigenvalue weighted by atomic mass is 9.67. The fraction of sp³-hybridized carbons (Fsp3) is 0.643. The highest BCUT2D eigenvalue weighted by molar-refractivity contribution is 5.83. The third kappa shape index (κ3) is 6.39. The number of esters is 1. The smallest absolute Gasteiger partial charge is 0.407 e. The number of carbonyl (C=O) groups excluding carboxylic acids is 2. The number of fused-ring (bicyclic) bond motifs is 1. The molecule has 1 aromatic rings. The van der Waals surface area contributed by atoms with E-state index in [0.29, 0.717) is 36.7 Å². The van der Waals surface area contributed by atoms with Crippen LogP contribution in [0.4, 0.5) is 10.6 Å². The van der Waals surface area contributed by atoms with Gasteiger partial charge in [-0.15, -0.1) is 10.2 Å². The molecule has 1 aromatic heterocycles. The summed E-state index contributed by atoms with van der Waals surface area (Å²) < 4.78 is 21.1. The number of nitrogens with one attached hydrogen (secondary N) is 2. The third-order valence-corrected chi connectivity index (χ3v) is 7.99. The number of hydrogen-bond donors (Lipinski definition) is 3. The van der Waals surface area contributed by atoms with Crippen LogP contribution in [0.15, 0.2) is 17.4 Å². The van der Waals surface area contributed by atoms with Gasteiger partial charge in [-0.05, 0) is 56.9 Å². The molecule has 220 valence electrons. The average molecular weight is 560 g/mol. The topological polar surface area (TPSA) is 144 Å². The summed E-state index contributed by atoms with van der Waals surface area (Å²) in [7, 11) is 4.60. The number of amides is 1. The molecule has 12 heteroatoms. The molecule has 0 aromatic carbocycles. The summed E-state index contributed by atoms with van der Waals surface area (Å²) in [5.74, 6) is 0.527. The Balaban J connectivity index is 1.61. The highest BCUT2D eigenvalue weighted by Gasteiger charge is 2.46. The quantitative estimate of drug-likeness (QED) is 0.344. The number of ether oxygens (including phenoxy) is 4. The highest BCUT2D eigenvalue weighted by Crippen LogP contribution is 2.49. The maximum Gasteiger partial charge on any atom is 0.407 e. The van der Waals surface area contributed by atoms with Crippen LogP contribution < -0.4 is 10.6 Å². The number of rotatable bonds is 11. The maximum absolute atomic E-state index is 12.0. The maximum atomic E-state index is 12.0. The van der Waals surface area contributed by atoms with E-state index in [1.54, 1.807) is 27.2 Å². The molecule has 4 rings (SSSR count). The van der Waals surface area contributed by atoms with Gasteiger partial charge in [-0.2, -0.15) is 0 Å². The monoisotopic (exact) mass is 559 g/mol. The number of nitrogens with zero attached hydrogens (tertiary/aromatic N) is 3. The van der Waals surface area contributed by atoms with E-state index < -0.39 is 6.09 Å². The van der Waals surface area contributed by atoms with Gasteiger partial charge in [-0.25, -0.2) is 4.79 Å². The van der Waals surface area contributed by atoms with E-state index in [1.807, 2.05) is 6.92 Å². The van der Waals surface area contributed by atoms with E-state index >= 15 is 0 Å². The molecular weight excluding hydrogens is 518 g/mol. The normalized spacial score (nSPS) is 24.5. The van der Waals surface area contributed by atoms with Gasteiger partial charge in [-0.1, -0.05) is 0 Å². The lowest BCUT2D eigenvalue weighted by Crippen LogP contribution is -2.44. The Kier molecular flexibility index (Phi) is 9.99. The number of aliphatic hydroxyl groups excluding tert-OH is 1. The first-order valence-electron chi connectivity index (χ1n) is 13.8. The zero-order valence-electron chi connectivity index (χ0n) is 24.0. The van der Waals surface area contributed by atoms with Crippen molar-refractivity contribution in [2.75, 3.05) is 52.9 Å². The lowest BCUT2D eigenvalue weighted by Gasteiger charge is -2.45. The number of aromatic nitrogens is 2. The predicted octanol–water partition coefficient (Wildman–Crippen LogP) is 2.73. The molecule has 1 amide bonds. The SMILES string of the molecule is CCOC(=O)CCN1CCC[C@@H](Nc2nnc(C3=C4C(OC)CC4C(OC)C=C3O)c(C)c2CNC(=O)OC)C1. The molecule has 3 unspecified atom stereocenters. The second kappa shape index (κ2) is 13.4. The highest BCUT2D eigenvalue weighted by atomic mass is 16.5. The first kappa shape index (κ1) is 29.8. The van der Waals surface area contributed by atoms with Gasteiger partial charge in [0.25, 0.3) is 0 Å². The number of carbonyl (C=O) groups is 2. The second-order valence-corrected chi connectivity index (χ2v) is 10.3. The fourth-order valence-corrected chi connectivity index (χ4v) is 5.85. The van der Waals surface area contributed by atoms with Crippen molar-refractivity contribution in [3.05, 3.63) is 34.2 Å². The fourth-order valence-electron chi connectivity index (χ4n) is 5.85. The van der Waals surface area contributed by atoms with Gasteiger partial charge in [0, 0.05) is 50.4 Å². The van der Waals surface area contributed by atoms with E-state index in [2.05, 4.69) is 25.7 Å². The van der Waals surface area contributed by atoms with Crippen LogP contribution in [0.5, 0.6) is 0 Å². The number of likely N-dealkylation sites (tertiary alicyclic amines) is 1. The minimum Gasteiger partial charge on any atom is -0.507 e. The molecule has 1 aliphatic heterocycles. The number of hydrogen-bond acceptors (Lipinski definition) is 11. The molecule has 40 heavy (non-hydrogen) atoms. The minimum atomic E-state index is -0.560. The van der Waals surface area contributed by atoms with Crippen molar-refractivity contribution in [1.82, 2.24) is 20.4 Å². The van der Waals surface area contributed by atoms with E-state index in [-0.39, 0.29) is 42.4 Å². The average Bonchev–Trinajstić information content (AvgIpc) is 2.93. The van der Waals surface area contributed by atoms with Gasteiger partial charge in [-0.3, -0.25) is 4.79 Å². The van der Waals surface area contributed by atoms with Gasteiger partial charge < -0.3 is 39.6 Å².